The minimum absolute atomic E-state index is 0. The van der Waals surface area contributed by atoms with Crippen molar-refractivity contribution in [1.29, 1.82) is 0 Å². The Morgan fingerprint density at radius 2 is 0.900 bits per heavy atom. The molecule has 0 saturated heterocycles. The summed E-state index contributed by atoms with van der Waals surface area (Å²) in [5.74, 6) is 0. The number of fused-ring (bicyclic) bond motifs is 2. The van der Waals surface area contributed by atoms with Gasteiger partial charge >= 0.3 is 41.9 Å². The third-order valence-corrected chi connectivity index (χ3v) is 6.60. The first-order valence-corrected chi connectivity index (χ1v) is 19.5. The molecule has 6 aromatic carbocycles. The van der Waals surface area contributed by atoms with Crippen LogP contribution < -0.4 is 0 Å². The summed E-state index contributed by atoms with van der Waals surface area (Å²) in [4.78, 5) is 0. The number of hydrogen-bond donors (Lipinski definition) is 0. The summed E-state index contributed by atoms with van der Waals surface area (Å²) >= 11 is 13.6. The van der Waals surface area contributed by atoms with Gasteiger partial charge in [0.1, 0.15) is 0 Å². The maximum atomic E-state index is 5.92. The van der Waals surface area contributed by atoms with E-state index in [1.54, 1.807) is 23.3 Å². The summed E-state index contributed by atoms with van der Waals surface area (Å²) in [6, 6.07) is 37.8. The van der Waals surface area contributed by atoms with Crippen LogP contribution in [0, 0.1) is 13.8 Å². The molecule has 0 aliphatic rings. The van der Waals surface area contributed by atoms with Gasteiger partial charge in [-0.1, -0.05) is 84.6 Å². The number of halogens is 4. The van der Waals surface area contributed by atoms with Crippen molar-refractivity contribution in [1.82, 2.24) is 0 Å². The van der Waals surface area contributed by atoms with Crippen LogP contribution in [-0.4, -0.2) is 5.43 Å². The zero-order chi connectivity index (χ0) is 27.2. The number of hydrogen-bond acceptors (Lipinski definition) is 0. The minimum atomic E-state index is 0. The van der Waals surface area contributed by atoms with Crippen molar-refractivity contribution in [3.05, 3.63) is 130 Å². The molecule has 6 rings (SSSR count). The van der Waals surface area contributed by atoms with E-state index in [0.717, 1.165) is 10.0 Å². The van der Waals surface area contributed by atoms with E-state index in [0.29, 0.717) is 0 Å². The Hall–Kier alpha value is -1.64. The molecule has 6 heteroatoms. The molecule has 6 aromatic rings. The fourth-order valence-electron chi connectivity index (χ4n) is 4.53. The van der Waals surface area contributed by atoms with Gasteiger partial charge in [-0.05, 0) is 35.4 Å². The summed E-state index contributed by atoms with van der Waals surface area (Å²) in [5, 5.41) is 6.78. The molecule has 0 unspecified atom stereocenters. The van der Waals surface area contributed by atoms with Gasteiger partial charge in [-0.15, -0.1) is 93.9 Å². The van der Waals surface area contributed by atoms with Crippen molar-refractivity contribution in [2.24, 2.45) is 0 Å². The molecule has 0 atom stereocenters. The van der Waals surface area contributed by atoms with Gasteiger partial charge in [0.25, 0.3) is 0 Å². The fraction of sp³-hybridized carbons (Fsp3) is 0.118. The van der Waals surface area contributed by atoms with Gasteiger partial charge in [0.05, 0.1) is 0 Å². The second kappa shape index (κ2) is 16.1. The molecule has 204 valence electrons. The van der Waals surface area contributed by atoms with Crippen molar-refractivity contribution >= 4 is 75.0 Å². The predicted octanol–water partition coefficient (Wildman–Crippen LogP) is 12.0. The van der Waals surface area contributed by atoms with Crippen LogP contribution in [0.5, 0.6) is 0 Å². The Labute approximate surface area is 275 Å². The molecular formula is C34H32Cl4SiZr. The molecule has 0 heterocycles. The van der Waals surface area contributed by atoms with Gasteiger partial charge in [0.15, 0.2) is 0 Å². The third-order valence-electron chi connectivity index (χ3n) is 6.10. The Morgan fingerprint density at radius 3 is 1.23 bits per heavy atom. The molecule has 0 radical (unpaired) electrons. The summed E-state index contributed by atoms with van der Waals surface area (Å²) < 4.78 is 0. The van der Waals surface area contributed by atoms with Crippen molar-refractivity contribution in [3.8, 4) is 22.3 Å². The van der Waals surface area contributed by atoms with E-state index in [1.165, 1.54) is 54.9 Å². The second-order valence-corrected chi connectivity index (χ2v) is 19.9. The molecule has 0 aliphatic heterocycles. The van der Waals surface area contributed by atoms with Crippen LogP contribution in [0.4, 0.5) is 0 Å². The van der Waals surface area contributed by atoms with Crippen molar-refractivity contribution in [2.45, 2.75) is 26.9 Å². The summed E-state index contributed by atoms with van der Waals surface area (Å²) in [6.07, 6.45) is 0. The van der Waals surface area contributed by atoms with Crippen LogP contribution in [0.15, 0.2) is 109 Å². The van der Waals surface area contributed by atoms with E-state index in [4.69, 9.17) is 23.2 Å². The van der Waals surface area contributed by atoms with E-state index in [9.17, 15) is 0 Å². The minimum Gasteiger partial charge on any atom is -0.165 e. The second-order valence-electron chi connectivity index (χ2n) is 9.70. The van der Waals surface area contributed by atoms with Crippen LogP contribution >= 0.6 is 48.0 Å². The average molecular weight is 702 g/mol. The quantitative estimate of drug-likeness (QED) is 0.125. The number of rotatable bonds is 2. The van der Waals surface area contributed by atoms with Gasteiger partial charge < -0.3 is 0 Å². The van der Waals surface area contributed by atoms with E-state index in [2.05, 4.69) is 112 Å². The van der Waals surface area contributed by atoms with Crippen molar-refractivity contribution < 1.29 is 23.3 Å². The molecule has 0 spiro atoms. The van der Waals surface area contributed by atoms with Crippen LogP contribution in [0.2, 0.25) is 23.1 Å². The van der Waals surface area contributed by atoms with Crippen LogP contribution in [0.3, 0.4) is 0 Å². The van der Waals surface area contributed by atoms with Crippen molar-refractivity contribution in [2.75, 3.05) is 0 Å². The SMILES string of the molecule is C[Si](C)=[Zr+2].Cc1cc2c(-c3ccc(Cl)cc3)cccc2[cH-]1.Cc1cc2c(-c3ccc(Cl)cc3)cccc2[cH-]1.Cl.Cl. The number of aryl methyl sites for hydroxylation is 2. The molecule has 0 saturated carbocycles. The van der Waals surface area contributed by atoms with Gasteiger partial charge in [-0.3, -0.25) is 0 Å². The third kappa shape index (κ3) is 9.18. The Morgan fingerprint density at radius 1 is 0.575 bits per heavy atom. The van der Waals surface area contributed by atoms with E-state index in [1.807, 2.05) is 24.3 Å². The Balaban J connectivity index is 0.000000237. The maximum Gasteiger partial charge on any atom is 0.0406 e. The molecule has 0 N–H and O–H groups in total. The molecule has 0 amide bonds. The first-order chi connectivity index (χ1) is 18.2. The maximum absolute atomic E-state index is 5.92. The zero-order valence-electron chi connectivity index (χ0n) is 23.0. The molecule has 0 aliphatic carbocycles. The summed E-state index contributed by atoms with van der Waals surface area (Å²) in [5.41, 5.74) is 7.79. The van der Waals surface area contributed by atoms with Gasteiger partial charge in [-0.2, -0.15) is 12.1 Å². The largest absolute Gasteiger partial charge is 0.165 e. The van der Waals surface area contributed by atoms with E-state index >= 15 is 0 Å². The average Bonchev–Trinajstić information content (AvgIpc) is 3.45. The van der Waals surface area contributed by atoms with Crippen LogP contribution in [-0.2, 0) is 23.3 Å². The smallest absolute Gasteiger partial charge is 0.0406 e. The molecular weight excluding hydrogens is 669 g/mol. The topological polar surface area (TPSA) is 0 Å². The van der Waals surface area contributed by atoms with E-state index in [-0.39, 0.29) is 30.2 Å². The van der Waals surface area contributed by atoms with Gasteiger partial charge in [0.2, 0.25) is 0 Å². The molecule has 0 nitrogen and oxygen atoms in total. The standard InChI is InChI=1S/2C16H12Cl.C2H6Si.2ClH.Zr/c2*1-11-9-13-3-2-4-15(16(13)10-11)12-5-7-14(17)8-6-12;1-3-2;;;/h2*2-10H,1H3;1-2H3;2*1H;/q2*-1;;;;+2. The normalized spacial score (nSPS) is 10.0. The Kier molecular flexibility index (Phi) is 13.9. The zero-order valence-corrected chi connectivity index (χ0v) is 29.6. The summed E-state index contributed by atoms with van der Waals surface area (Å²) in [7, 11) is 0. The first-order valence-electron chi connectivity index (χ1n) is 12.6. The monoisotopic (exact) mass is 698 g/mol. The van der Waals surface area contributed by atoms with Gasteiger partial charge in [-0.25, -0.2) is 0 Å². The van der Waals surface area contributed by atoms with Crippen LogP contribution in [0.1, 0.15) is 11.1 Å². The van der Waals surface area contributed by atoms with Gasteiger partial charge in [0, 0.05) is 10.0 Å². The molecule has 40 heavy (non-hydrogen) atoms. The number of benzene rings is 4. The molecule has 0 bridgehead atoms. The first kappa shape index (κ1) is 34.6. The van der Waals surface area contributed by atoms with E-state index < -0.39 is 0 Å². The van der Waals surface area contributed by atoms with Crippen LogP contribution in [0.25, 0.3) is 43.8 Å². The van der Waals surface area contributed by atoms with Crippen molar-refractivity contribution in [3.63, 3.8) is 0 Å². The predicted molar refractivity (Wildman–Crippen MR) is 181 cm³/mol. The summed E-state index contributed by atoms with van der Waals surface area (Å²) in [6.45, 7) is 8.88. The Bertz CT molecular complexity index is 1550. The molecule has 0 aromatic heterocycles. The molecule has 0 fully saturated rings. The fourth-order valence-corrected chi connectivity index (χ4v) is 4.78.